The fourth-order valence-electron chi connectivity index (χ4n) is 2.75. The summed E-state index contributed by atoms with van der Waals surface area (Å²) in [6, 6.07) is 10.8. The zero-order valence-electron chi connectivity index (χ0n) is 13.0. The number of fused-ring (bicyclic) bond motifs is 1. The topological polar surface area (TPSA) is 41.1 Å². The van der Waals surface area contributed by atoms with Gasteiger partial charge in [0.2, 0.25) is 0 Å². The van der Waals surface area contributed by atoms with Gasteiger partial charge in [0.15, 0.2) is 0 Å². The van der Waals surface area contributed by atoms with E-state index >= 15 is 0 Å². The highest BCUT2D eigenvalue weighted by molar-refractivity contribution is 5.97. The molecule has 3 nitrogen and oxygen atoms in total. The third kappa shape index (κ3) is 3.82. The summed E-state index contributed by atoms with van der Waals surface area (Å²) in [7, 11) is 0. The first kappa shape index (κ1) is 17.3. The minimum Gasteiger partial charge on any atom is -0.385 e. The summed E-state index contributed by atoms with van der Waals surface area (Å²) in [5, 5.41) is 6.19. The zero-order valence-corrected chi connectivity index (χ0v) is 13.8. The van der Waals surface area contributed by atoms with Crippen molar-refractivity contribution in [3.63, 3.8) is 0 Å². The SMILES string of the molecule is Cc1ccc(CNC(=O)c2cccc3c2CCCN3)cc1F.Cl. The van der Waals surface area contributed by atoms with Gasteiger partial charge in [-0.15, -0.1) is 12.4 Å². The predicted octanol–water partition coefficient (Wildman–Crippen LogP) is 3.84. The summed E-state index contributed by atoms with van der Waals surface area (Å²) in [4.78, 5) is 12.4. The number of halogens is 2. The normalized spacial score (nSPS) is 12.6. The van der Waals surface area contributed by atoms with Gasteiger partial charge in [-0.25, -0.2) is 4.39 Å². The van der Waals surface area contributed by atoms with Gasteiger partial charge in [-0.2, -0.15) is 0 Å². The van der Waals surface area contributed by atoms with E-state index in [2.05, 4.69) is 10.6 Å². The Morgan fingerprint density at radius 2 is 2.13 bits per heavy atom. The van der Waals surface area contributed by atoms with Gasteiger partial charge in [-0.3, -0.25) is 4.79 Å². The van der Waals surface area contributed by atoms with Crippen LogP contribution >= 0.6 is 12.4 Å². The third-order valence-electron chi connectivity index (χ3n) is 4.03. The number of carbonyl (C=O) groups excluding carboxylic acids is 1. The zero-order chi connectivity index (χ0) is 15.5. The number of aryl methyl sites for hydroxylation is 1. The molecule has 5 heteroatoms. The highest BCUT2D eigenvalue weighted by Crippen LogP contribution is 2.25. The van der Waals surface area contributed by atoms with Gasteiger partial charge in [0, 0.05) is 24.3 Å². The molecule has 0 saturated heterocycles. The van der Waals surface area contributed by atoms with Crippen molar-refractivity contribution in [2.24, 2.45) is 0 Å². The van der Waals surface area contributed by atoms with Crippen molar-refractivity contribution in [2.75, 3.05) is 11.9 Å². The van der Waals surface area contributed by atoms with Gasteiger partial charge >= 0.3 is 0 Å². The molecule has 1 heterocycles. The Kier molecular flexibility index (Phi) is 5.61. The Labute approximate surface area is 141 Å². The fraction of sp³-hybridized carbons (Fsp3) is 0.278. The minimum absolute atomic E-state index is 0. The fourth-order valence-corrected chi connectivity index (χ4v) is 2.75. The molecule has 0 atom stereocenters. The number of rotatable bonds is 3. The summed E-state index contributed by atoms with van der Waals surface area (Å²) >= 11 is 0. The molecule has 0 unspecified atom stereocenters. The van der Waals surface area contributed by atoms with Gasteiger partial charge in [-0.05, 0) is 54.7 Å². The lowest BCUT2D eigenvalue weighted by molar-refractivity contribution is 0.0950. The van der Waals surface area contributed by atoms with Crippen LogP contribution in [0.5, 0.6) is 0 Å². The maximum Gasteiger partial charge on any atom is 0.251 e. The molecule has 23 heavy (non-hydrogen) atoms. The summed E-state index contributed by atoms with van der Waals surface area (Å²) in [5.41, 5.74) is 4.19. The van der Waals surface area contributed by atoms with Crippen molar-refractivity contribution in [3.8, 4) is 0 Å². The number of nitrogens with one attached hydrogen (secondary N) is 2. The van der Waals surface area contributed by atoms with Gasteiger partial charge in [0.1, 0.15) is 5.82 Å². The van der Waals surface area contributed by atoms with Crippen molar-refractivity contribution in [1.29, 1.82) is 0 Å². The van der Waals surface area contributed by atoms with E-state index < -0.39 is 0 Å². The minimum atomic E-state index is -0.243. The number of anilines is 1. The maximum absolute atomic E-state index is 13.5. The molecule has 0 aromatic heterocycles. The lowest BCUT2D eigenvalue weighted by Gasteiger charge is -2.20. The Bertz CT molecular complexity index is 718. The van der Waals surface area contributed by atoms with E-state index in [1.54, 1.807) is 13.0 Å². The van der Waals surface area contributed by atoms with Gasteiger partial charge < -0.3 is 10.6 Å². The standard InChI is InChI=1S/C18H19FN2O.ClH/c1-12-7-8-13(10-16(12)19)11-21-18(22)15-4-2-6-17-14(15)5-3-9-20-17;/h2,4,6-8,10,20H,3,5,9,11H2,1H3,(H,21,22);1H. The lowest BCUT2D eigenvalue weighted by Crippen LogP contribution is -2.25. The van der Waals surface area contributed by atoms with Crippen LogP contribution in [0.4, 0.5) is 10.1 Å². The van der Waals surface area contributed by atoms with Crippen molar-refractivity contribution < 1.29 is 9.18 Å². The smallest absolute Gasteiger partial charge is 0.251 e. The van der Waals surface area contributed by atoms with Crippen LogP contribution in [0.25, 0.3) is 0 Å². The Morgan fingerprint density at radius 3 is 2.91 bits per heavy atom. The second-order valence-electron chi connectivity index (χ2n) is 5.63. The van der Waals surface area contributed by atoms with Crippen LogP contribution in [0.1, 0.15) is 33.5 Å². The third-order valence-corrected chi connectivity index (χ3v) is 4.03. The largest absolute Gasteiger partial charge is 0.385 e. The summed E-state index contributed by atoms with van der Waals surface area (Å²) in [5.74, 6) is -0.352. The van der Waals surface area contributed by atoms with Crippen LogP contribution in [0.15, 0.2) is 36.4 Å². The molecule has 0 bridgehead atoms. The highest BCUT2D eigenvalue weighted by Gasteiger charge is 2.17. The van der Waals surface area contributed by atoms with Crippen molar-refractivity contribution in [1.82, 2.24) is 5.32 Å². The van der Waals surface area contributed by atoms with E-state index in [9.17, 15) is 9.18 Å². The first-order chi connectivity index (χ1) is 10.6. The van der Waals surface area contributed by atoms with E-state index in [-0.39, 0.29) is 24.1 Å². The van der Waals surface area contributed by atoms with E-state index in [1.807, 2.05) is 24.3 Å². The molecule has 2 aromatic rings. The Balaban J connectivity index is 0.00000192. The lowest BCUT2D eigenvalue weighted by atomic mass is 9.97. The van der Waals surface area contributed by atoms with Crippen LogP contribution < -0.4 is 10.6 Å². The molecule has 2 N–H and O–H groups in total. The van der Waals surface area contributed by atoms with Crippen LogP contribution in [-0.2, 0) is 13.0 Å². The molecule has 2 aromatic carbocycles. The van der Waals surface area contributed by atoms with E-state index in [4.69, 9.17) is 0 Å². The predicted molar refractivity (Wildman–Crippen MR) is 92.8 cm³/mol. The van der Waals surface area contributed by atoms with Crippen LogP contribution in [0, 0.1) is 12.7 Å². The van der Waals surface area contributed by atoms with Crippen molar-refractivity contribution >= 4 is 24.0 Å². The molecular weight excluding hydrogens is 315 g/mol. The second kappa shape index (κ2) is 7.47. The first-order valence-electron chi connectivity index (χ1n) is 7.54. The monoisotopic (exact) mass is 334 g/mol. The molecule has 122 valence electrons. The molecule has 1 aliphatic rings. The molecule has 0 spiro atoms. The van der Waals surface area contributed by atoms with E-state index in [1.165, 1.54) is 6.07 Å². The number of amides is 1. The van der Waals surface area contributed by atoms with Crippen LogP contribution in [0.3, 0.4) is 0 Å². The number of carbonyl (C=O) groups is 1. The summed E-state index contributed by atoms with van der Waals surface area (Å²) in [6.07, 6.45) is 1.94. The van der Waals surface area contributed by atoms with Crippen molar-refractivity contribution in [2.45, 2.75) is 26.3 Å². The van der Waals surface area contributed by atoms with E-state index in [0.29, 0.717) is 17.7 Å². The first-order valence-corrected chi connectivity index (χ1v) is 7.54. The Morgan fingerprint density at radius 1 is 1.30 bits per heavy atom. The maximum atomic E-state index is 13.5. The number of hydrogen-bond acceptors (Lipinski definition) is 2. The number of hydrogen-bond donors (Lipinski definition) is 2. The van der Waals surface area contributed by atoms with Crippen molar-refractivity contribution in [3.05, 3.63) is 64.5 Å². The highest BCUT2D eigenvalue weighted by atomic mass is 35.5. The van der Waals surface area contributed by atoms with Crippen LogP contribution in [0.2, 0.25) is 0 Å². The average molecular weight is 335 g/mol. The van der Waals surface area contributed by atoms with Gasteiger partial charge in [0.25, 0.3) is 5.91 Å². The molecule has 0 aliphatic carbocycles. The molecular formula is C18H20ClFN2O. The quantitative estimate of drug-likeness (QED) is 0.895. The molecule has 1 aliphatic heterocycles. The van der Waals surface area contributed by atoms with Gasteiger partial charge in [0.05, 0.1) is 0 Å². The summed E-state index contributed by atoms with van der Waals surface area (Å²) in [6.45, 7) is 2.99. The van der Waals surface area contributed by atoms with E-state index in [0.717, 1.165) is 36.2 Å². The average Bonchev–Trinajstić information content (AvgIpc) is 2.55. The molecule has 3 rings (SSSR count). The molecule has 0 fully saturated rings. The second-order valence-corrected chi connectivity index (χ2v) is 5.63. The molecule has 0 saturated carbocycles. The number of benzene rings is 2. The molecule has 0 radical (unpaired) electrons. The van der Waals surface area contributed by atoms with Crippen LogP contribution in [-0.4, -0.2) is 12.5 Å². The molecule has 1 amide bonds. The van der Waals surface area contributed by atoms with Gasteiger partial charge in [-0.1, -0.05) is 18.2 Å². The Hall–Kier alpha value is -2.07. The summed E-state index contributed by atoms with van der Waals surface area (Å²) < 4.78 is 13.5.